The van der Waals surface area contributed by atoms with Crippen LogP contribution in [0.4, 0.5) is 11.5 Å². The van der Waals surface area contributed by atoms with Gasteiger partial charge in [-0.1, -0.05) is 6.07 Å². The summed E-state index contributed by atoms with van der Waals surface area (Å²) in [7, 11) is 0. The molecule has 4 rings (SSSR count). The van der Waals surface area contributed by atoms with Crippen molar-refractivity contribution in [1.82, 2.24) is 9.38 Å². The standard InChI is InChI=1S/C18H12N4O3/c23-18(24)12-6-8-13(9-7-12)20-21-17-16(14-4-3-11-25-14)19-15-5-1-2-10-22(15)17/h1-11H,(H,23,24). The van der Waals surface area contributed by atoms with E-state index in [2.05, 4.69) is 15.2 Å². The molecule has 0 amide bonds. The summed E-state index contributed by atoms with van der Waals surface area (Å²) in [4.78, 5) is 15.4. The second kappa shape index (κ2) is 6.04. The van der Waals surface area contributed by atoms with Crippen LogP contribution in [0.15, 0.2) is 81.7 Å². The quantitative estimate of drug-likeness (QED) is 0.548. The predicted molar refractivity (Wildman–Crippen MR) is 90.5 cm³/mol. The summed E-state index contributed by atoms with van der Waals surface area (Å²) < 4.78 is 7.25. The summed E-state index contributed by atoms with van der Waals surface area (Å²) in [6, 6.07) is 15.4. The molecular weight excluding hydrogens is 320 g/mol. The molecule has 122 valence electrons. The van der Waals surface area contributed by atoms with Crippen molar-refractivity contribution in [2.24, 2.45) is 10.2 Å². The fraction of sp³-hybridized carbons (Fsp3) is 0. The molecule has 1 aromatic carbocycles. The maximum absolute atomic E-state index is 10.9. The van der Waals surface area contributed by atoms with Crippen LogP contribution in [-0.2, 0) is 0 Å². The van der Waals surface area contributed by atoms with E-state index in [9.17, 15) is 4.79 Å². The SMILES string of the molecule is O=C(O)c1ccc(N=Nc2c(-c3ccco3)nc3ccccn23)cc1. The van der Waals surface area contributed by atoms with Crippen molar-refractivity contribution in [2.75, 3.05) is 0 Å². The zero-order chi connectivity index (χ0) is 17.2. The van der Waals surface area contributed by atoms with Crippen LogP contribution in [0, 0.1) is 0 Å². The first-order chi connectivity index (χ1) is 12.2. The van der Waals surface area contributed by atoms with Gasteiger partial charge in [0.15, 0.2) is 17.3 Å². The summed E-state index contributed by atoms with van der Waals surface area (Å²) in [6.45, 7) is 0. The maximum atomic E-state index is 10.9. The maximum Gasteiger partial charge on any atom is 0.335 e. The van der Waals surface area contributed by atoms with Crippen molar-refractivity contribution in [3.8, 4) is 11.5 Å². The Hall–Kier alpha value is -3.74. The molecule has 0 fully saturated rings. The minimum atomic E-state index is -0.981. The summed E-state index contributed by atoms with van der Waals surface area (Å²) >= 11 is 0. The fourth-order valence-corrected chi connectivity index (χ4v) is 2.43. The van der Waals surface area contributed by atoms with Crippen molar-refractivity contribution in [1.29, 1.82) is 0 Å². The summed E-state index contributed by atoms with van der Waals surface area (Å²) in [5, 5.41) is 17.5. The first-order valence-corrected chi connectivity index (χ1v) is 7.48. The molecule has 4 aromatic rings. The molecule has 0 bridgehead atoms. The van der Waals surface area contributed by atoms with Crippen molar-refractivity contribution in [3.05, 3.63) is 72.6 Å². The molecule has 3 aromatic heterocycles. The first-order valence-electron chi connectivity index (χ1n) is 7.48. The Morgan fingerprint density at radius 2 is 1.88 bits per heavy atom. The van der Waals surface area contributed by atoms with Crippen LogP contribution in [-0.4, -0.2) is 20.5 Å². The average molecular weight is 332 g/mol. The molecule has 25 heavy (non-hydrogen) atoms. The topological polar surface area (TPSA) is 92.5 Å². The minimum Gasteiger partial charge on any atom is -0.478 e. The number of azo groups is 1. The monoisotopic (exact) mass is 332 g/mol. The molecule has 0 aliphatic rings. The van der Waals surface area contributed by atoms with E-state index in [1.165, 1.54) is 12.1 Å². The largest absolute Gasteiger partial charge is 0.478 e. The van der Waals surface area contributed by atoms with Crippen LogP contribution in [0.1, 0.15) is 10.4 Å². The molecular formula is C18H12N4O3. The molecule has 0 aliphatic heterocycles. The third-order valence-electron chi connectivity index (χ3n) is 3.63. The number of benzene rings is 1. The number of carboxylic acids is 1. The van der Waals surface area contributed by atoms with E-state index in [1.807, 2.05) is 34.9 Å². The highest BCUT2D eigenvalue weighted by Crippen LogP contribution is 2.32. The number of nitrogens with zero attached hydrogens (tertiary/aromatic N) is 4. The Morgan fingerprint density at radius 3 is 2.60 bits per heavy atom. The summed E-state index contributed by atoms with van der Waals surface area (Å²) in [6.07, 6.45) is 3.42. The number of rotatable bonds is 4. The van der Waals surface area contributed by atoms with Gasteiger partial charge in [0.05, 0.1) is 17.5 Å². The summed E-state index contributed by atoms with van der Waals surface area (Å²) in [5.74, 6) is 0.150. The van der Waals surface area contributed by atoms with E-state index in [1.54, 1.807) is 24.5 Å². The summed E-state index contributed by atoms with van der Waals surface area (Å²) in [5.41, 5.74) is 2.05. The Kier molecular flexibility index (Phi) is 3.59. The molecule has 0 atom stereocenters. The Labute approximate surface area is 141 Å². The zero-order valence-electron chi connectivity index (χ0n) is 12.9. The lowest BCUT2D eigenvalue weighted by molar-refractivity contribution is 0.0697. The van der Waals surface area contributed by atoms with E-state index in [0.717, 1.165) is 5.65 Å². The van der Waals surface area contributed by atoms with Crippen molar-refractivity contribution in [3.63, 3.8) is 0 Å². The van der Waals surface area contributed by atoms with E-state index in [-0.39, 0.29) is 5.56 Å². The van der Waals surface area contributed by atoms with E-state index >= 15 is 0 Å². The number of pyridine rings is 1. The molecule has 7 nitrogen and oxygen atoms in total. The molecule has 0 unspecified atom stereocenters. The molecule has 0 saturated carbocycles. The number of furan rings is 1. The van der Waals surface area contributed by atoms with Gasteiger partial charge in [-0.15, -0.1) is 10.2 Å². The number of imidazole rings is 1. The lowest BCUT2D eigenvalue weighted by atomic mass is 10.2. The number of fused-ring (bicyclic) bond motifs is 1. The van der Waals surface area contributed by atoms with Gasteiger partial charge in [0, 0.05) is 6.20 Å². The predicted octanol–water partition coefficient (Wildman–Crippen LogP) is 4.71. The normalized spacial score (nSPS) is 11.4. The van der Waals surface area contributed by atoms with Gasteiger partial charge in [0.25, 0.3) is 0 Å². The second-order valence-corrected chi connectivity index (χ2v) is 5.24. The van der Waals surface area contributed by atoms with Gasteiger partial charge in [-0.2, -0.15) is 0 Å². The Balaban J connectivity index is 1.77. The van der Waals surface area contributed by atoms with E-state index in [4.69, 9.17) is 9.52 Å². The van der Waals surface area contributed by atoms with Gasteiger partial charge < -0.3 is 9.52 Å². The van der Waals surface area contributed by atoms with Crippen molar-refractivity contribution < 1.29 is 14.3 Å². The van der Waals surface area contributed by atoms with Gasteiger partial charge in [-0.05, 0) is 48.5 Å². The molecule has 0 saturated heterocycles. The molecule has 0 spiro atoms. The highest BCUT2D eigenvalue weighted by atomic mass is 16.4. The number of carboxylic acid groups (broad SMARTS) is 1. The highest BCUT2D eigenvalue weighted by molar-refractivity contribution is 5.87. The molecule has 7 heteroatoms. The zero-order valence-corrected chi connectivity index (χ0v) is 12.9. The molecule has 0 radical (unpaired) electrons. The van der Waals surface area contributed by atoms with Gasteiger partial charge in [-0.3, -0.25) is 4.40 Å². The van der Waals surface area contributed by atoms with Gasteiger partial charge >= 0.3 is 5.97 Å². The Morgan fingerprint density at radius 1 is 1.04 bits per heavy atom. The smallest absolute Gasteiger partial charge is 0.335 e. The van der Waals surface area contributed by atoms with E-state index in [0.29, 0.717) is 23.0 Å². The van der Waals surface area contributed by atoms with Gasteiger partial charge in [0.2, 0.25) is 0 Å². The minimum absolute atomic E-state index is 0.199. The van der Waals surface area contributed by atoms with Crippen molar-refractivity contribution in [2.45, 2.75) is 0 Å². The van der Waals surface area contributed by atoms with Crippen LogP contribution >= 0.6 is 0 Å². The number of hydrogen-bond acceptors (Lipinski definition) is 5. The van der Waals surface area contributed by atoms with Crippen LogP contribution in [0.2, 0.25) is 0 Å². The van der Waals surface area contributed by atoms with Crippen LogP contribution in [0.5, 0.6) is 0 Å². The Bertz CT molecular complexity index is 1060. The van der Waals surface area contributed by atoms with Crippen LogP contribution < -0.4 is 0 Å². The van der Waals surface area contributed by atoms with Crippen molar-refractivity contribution >= 4 is 23.1 Å². The molecule has 0 aliphatic carbocycles. The number of hydrogen-bond donors (Lipinski definition) is 1. The second-order valence-electron chi connectivity index (χ2n) is 5.24. The number of aromatic nitrogens is 2. The van der Waals surface area contributed by atoms with Gasteiger partial charge in [0.1, 0.15) is 5.65 Å². The molecule has 1 N–H and O–H groups in total. The van der Waals surface area contributed by atoms with Crippen LogP contribution in [0.25, 0.3) is 17.1 Å². The lowest BCUT2D eigenvalue weighted by Crippen LogP contribution is -1.93. The van der Waals surface area contributed by atoms with Gasteiger partial charge in [-0.25, -0.2) is 9.78 Å². The third-order valence-corrected chi connectivity index (χ3v) is 3.63. The number of carbonyl (C=O) groups is 1. The molecule has 3 heterocycles. The number of aromatic carboxylic acids is 1. The van der Waals surface area contributed by atoms with E-state index < -0.39 is 5.97 Å². The average Bonchev–Trinajstić information content (AvgIpc) is 3.28. The first kappa shape index (κ1) is 14.8. The third kappa shape index (κ3) is 2.78. The lowest BCUT2D eigenvalue weighted by Gasteiger charge is -1.98. The highest BCUT2D eigenvalue weighted by Gasteiger charge is 2.15. The van der Waals surface area contributed by atoms with Crippen LogP contribution in [0.3, 0.4) is 0 Å². The fourth-order valence-electron chi connectivity index (χ4n) is 2.43.